The van der Waals surface area contributed by atoms with Gasteiger partial charge >= 0.3 is 5.97 Å². The van der Waals surface area contributed by atoms with Crippen LogP contribution in [0.5, 0.6) is 0 Å². The highest BCUT2D eigenvalue weighted by Crippen LogP contribution is 2.42. The molecule has 4 rings (SSSR count). The van der Waals surface area contributed by atoms with Gasteiger partial charge in [0, 0.05) is 6.04 Å². The average Bonchev–Trinajstić information content (AvgIpc) is 3.23. The number of amides is 1. The highest BCUT2D eigenvalue weighted by atomic mass is 35.5. The summed E-state index contributed by atoms with van der Waals surface area (Å²) in [6.45, 7) is 5.81. The lowest BCUT2D eigenvalue weighted by atomic mass is 9.74. The molecule has 0 unspecified atom stereocenters. The Morgan fingerprint density at radius 1 is 1.03 bits per heavy atom. The normalized spacial score (nSPS) is 23.4. The maximum absolute atomic E-state index is 13.9. The zero-order valence-corrected chi connectivity index (χ0v) is 24.5. The molecule has 2 aliphatic rings. The number of carboxylic acids is 1. The van der Waals surface area contributed by atoms with Gasteiger partial charge < -0.3 is 10.0 Å². The average molecular weight is 601 g/mol. The smallest absolute Gasteiger partial charge is 0.309 e. The molecule has 2 aromatic rings. The van der Waals surface area contributed by atoms with Crippen molar-refractivity contribution in [2.75, 3.05) is 6.54 Å². The second kappa shape index (κ2) is 11.4. The molecule has 0 bridgehead atoms. The number of carbonyl (C=O) groups is 3. The van der Waals surface area contributed by atoms with Crippen LogP contribution in [0.4, 0.5) is 4.39 Å². The SMILES string of the molecule is CC1(C)CCC(N(CC(=O)c2c(Cl)cc(F)cc2Cl)C(=O)c2cnn(C3CCC(C)(C(=O)O)CC3)c2Cl)CC1. The van der Waals surface area contributed by atoms with Crippen molar-refractivity contribution >= 4 is 52.5 Å². The molecular weight excluding hydrogens is 568 g/mol. The van der Waals surface area contributed by atoms with E-state index in [4.69, 9.17) is 34.8 Å². The molecule has 0 aliphatic heterocycles. The second-order valence-corrected chi connectivity index (χ2v) is 13.1. The van der Waals surface area contributed by atoms with E-state index in [1.54, 1.807) is 11.6 Å². The quantitative estimate of drug-likeness (QED) is 0.333. The number of ketones is 1. The summed E-state index contributed by atoms with van der Waals surface area (Å²) in [4.78, 5) is 40.5. The lowest BCUT2D eigenvalue weighted by Crippen LogP contribution is -2.46. The van der Waals surface area contributed by atoms with Gasteiger partial charge in [0.1, 0.15) is 11.0 Å². The zero-order valence-electron chi connectivity index (χ0n) is 22.3. The summed E-state index contributed by atoms with van der Waals surface area (Å²) >= 11 is 19.0. The van der Waals surface area contributed by atoms with E-state index in [0.717, 1.165) is 25.0 Å². The summed E-state index contributed by atoms with van der Waals surface area (Å²) < 4.78 is 15.3. The molecule has 1 aromatic heterocycles. The molecule has 2 aliphatic carbocycles. The Balaban J connectivity index is 1.60. The fraction of sp³-hybridized carbons (Fsp3) is 0.571. The first-order valence-corrected chi connectivity index (χ1v) is 14.3. The van der Waals surface area contributed by atoms with Crippen LogP contribution in [0, 0.1) is 16.6 Å². The molecule has 11 heteroatoms. The van der Waals surface area contributed by atoms with Crippen molar-refractivity contribution in [1.29, 1.82) is 0 Å². The van der Waals surface area contributed by atoms with Gasteiger partial charge in [0.25, 0.3) is 5.91 Å². The first-order chi connectivity index (χ1) is 18.2. The van der Waals surface area contributed by atoms with E-state index in [-0.39, 0.29) is 50.4 Å². The van der Waals surface area contributed by atoms with E-state index < -0.39 is 28.9 Å². The molecule has 0 radical (unpaired) electrons. The predicted molar refractivity (Wildman–Crippen MR) is 148 cm³/mol. The van der Waals surface area contributed by atoms with Gasteiger partial charge in [0.05, 0.1) is 45.4 Å². The number of carbonyl (C=O) groups excluding carboxylic acids is 2. The molecule has 1 heterocycles. The van der Waals surface area contributed by atoms with Crippen LogP contribution in [-0.4, -0.2) is 50.0 Å². The van der Waals surface area contributed by atoms with Gasteiger partial charge in [-0.05, 0) is 75.8 Å². The van der Waals surface area contributed by atoms with Crippen molar-refractivity contribution < 1.29 is 23.9 Å². The number of rotatable bonds is 7. The Bertz CT molecular complexity index is 1250. The van der Waals surface area contributed by atoms with Crippen molar-refractivity contribution in [3.63, 3.8) is 0 Å². The van der Waals surface area contributed by atoms with E-state index in [1.807, 2.05) is 0 Å². The van der Waals surface area contributed by atoms with Crippen LogP contribution in [0.1, 0.15) is 98.9 Å². The predicted octanol–water partition coefficient (Wildman–Crippen LogP) is 7.48. The number of hydrogen-bond donors (Lipinski definition) is 1. The Hall–Kier alpha value is -2.16. The number of aliphatic carboxylic acids is 1. The molecule has 0 saturated heterocycles. The molecule has 2 fully saturated rings. The van der Waals surface area contributed by atoms with Crippen molar-refractivity contribution in [3.05, 3.63) is 50.5 Å². The highest BCUT2D eigenvalue weighted by molar-refractivity contribution is 6.40. The first-order valence-electron chi connectivity index (χ1n) is 13.2. The van der Waals surface area contributed by atoms with E-state index in [0.29, 0.717) is 38.5 Å². The van der Waals surface area contributed by atoms with E-state index in [2.05, 4.69) is 18.9 Å². The van der Waals surface area contributed by atoms with Gasteiger partial charge in [-0.15, -0.1) is 0 Å². The monoisotopic (exact) mass is 599 g/mol. The third-order valence-corrected chi connectivity index (χ3v) is 9.47. The minimum atomic E-state index is -0.819. The van der Waals surface area contributed by atoms with Gasteiger partial charge in [0.15, 0.2) is 5.78 Å². The van der Waals surface area contributed by atoms with Crippen LogP contribution in [0.15, 0.2) is 18.3 Å². The number of benzene rings is 1. The molecule has 39 heavy (non-hydrogen) atoms. The standard InChI is InChI=1S/C28H33Cl3FN3O4/c1-27(2)8-4-17(5-9-27)34(15-22(36)23-20(29)12-16(32)13-21(23)30)25(37)19-14-33-35(24(19)31)18-6-10-28(3,11-7-18)26(38)39/h12-14,17-18H,4-11,15H2,1-3H3,(H,38,39). The highest BCUT2D eigenvalue weighted by Gasteiger charge is 2.40. The van der Waals surface area contributed by atoms with Gasteiger partial charge in [-0.2, -0.15) is 5.10 Å². The van der Waals surface area contributed by atoms with Crippen molar-refractivity contribution in [2.45, 2.75) is 84.2 Å². The lowest BCUT2D eigenvalue weighted by molar-refractivity contribution is -0.150. The fourth-order valence-electron chi connectivity index (χ4n) is 5.70. The lowest BCUT2D eigenvalue weighted by Gasteiger charge is -2.40. The molecule has 0 spiro atoms. The molecule has 1 aromatic carbocycles. The number of Topliss-reactive ketones (excluding diaryl/α,β-unsaturated/α-hetero) is 1. The van der Waals surface area contributed by atoms with E-state index >= 15 is 0 Å². The molecule has 2 saturated carbocycles. The zero-order chi connectivity index (χ0) is 28.7. The van der Waals surface area contributed by atoms with Crippen molar-refractivity contribution in [3.8, 4) is 0 Å². The number of nitrogens with zero attached hydrogens (tertiary/aromatic N) is 3. The number of halogens is 4. The maximum Gasteiger partial charge on any atom is 0.309 e. The van der Waals surface area contributed by atoms with Crippen molar-refractivity contribution in [2.24, 2.45) is 10.8 Å². The molecule has 7 nitrogen and oxygen atoms in total. The maximum atomic E-state index is 13.9. The summed E-state index contributed by atoms with van der Waals surface area (Å²) in [5, 5.41) is 13.9. The topological polar surface area (TPSA) is 92.5 Å². The Labute approximate surface area is 242 Å². The van der Waals surface area contributed by atoms with Gasteiger partial charge in [-0.1, -0.05) is 48.7 Å². The summed E-state index contributed by atoms with van der Waals surface area (Å²) in [6.07, 6.45) is 6.68. The number of aromatic nitrogens is 2. The van der Waals surface area contributed by atoms with Crippen molar-refractivity contribution in [1.82, 2.24) is 14.7 Å². The van der Waals surface area contributed by atoms with Crippen LogP contribution < -0.4 is 0 Å². The van der Waals surface area contributed by atoms with Gasteiger partial charge in [0.2, 0.25) is 0 Å². The Kier molecular flexibility index (Phi) is 8.70. The summed E-state index contributed by atoms with van der Waals surface area (Å²) in [5.41, 5.74) is -0.507. The van der Waals surface area contributed by atoms with Crippen LogP contribution in [0.2, 0.25) is 15.2 Å². The van der Waals surface area contributed by atoms with E-state index in [1.165, 1.54) is 11.1 Å². The van der Waals surface area contributed by atoms with Gasteiger partial charge in [-0.25, -0.2) is 4.39 Å². The Morgan fingerprint density at radius 3 is 2.13 bits per heavy atom. The molecule has 1 N–H and O–H groups in total. The third-order valence-electron chi connectivity index (χ3n) is 8.50. The number of hydrogen-bond acceptors (Lipinski definition) is 4. The minimum Gasteiger partial charge on any atom is -0.481 e. The van der Waals surface area contributed by atoms with Crippen LogP contribution in [0.3, 0.4) is 0 Å². The van der Waals surface area contributed by atoms with E-state index in [9.17, 15) is 23.9 Å². The second-order valence-electron chi connectivity index (χ2n) is 11.9. The Morgan fingerprint density at radius 2 is 1.59 bits per heavy atom. The van der Waals surface area contributed by atoms with Gasteiger partial charge in [-0.3, -0.25) is 19.1 Å². The molecule has 0 atom stereocenters. The summed E-state index contributed by atoms with van der Waals surface area (Å²) in [5.74, 6) is -2.40. The number of carboxylic acid groups (broad SMARTS) is 1. The fourth-order valence-corrected chi connectivity index (χ4v) is 6.69. The van der Waals surface area contributed by atoms with Crippen LogP contribution in [0.25, 0.3) is 0 Å². The largest absolute Gasteiger partial charge is 0.481 e. The first kappa shape index (κ1) is 29.8. The molecular formula is C28H33Cl3FN3O4. The molecule has 212 valence electrons. The van der Waals surface area contributed by atoms with Crippen LogP contribution in [-0.2, 0) is 4.79 Å². The minimum absolute atomic E-state index is 0.0286. The van der Waals surface area contributed by atoms with Crippen LogP contribution >= 0.6 is 34.8 Å². The molecule has 1 amide bonds. The third kappa shape index (κ3) is 6.28. The summed E-state index contributed by atoms with van der Waals surface area (Å²) in [7, 11) is 0. The summed E-state index contributed by atoms with van der Waals surface area (Å²) in [6, 6.07) is 1.71.